The number of hydrogen-bond donors (Lipinski definition) is 0. The van der Waals surface area contributed by atoms with Crippen molar-refractivity contribution < 1.29 is 4.79 Å². The van der Waals surface area contributed by atoms with Crippen LogP contribution in [0.1, 0.15) is 31.7 Å². The number of hydrogen-bond acceptors (Lipinski definition) is 2. The molecule has 0 saturated carbocycles. The Kier molecular flexibility index (Phi) is 5.83. The third kappa shape index (κ3) is 4.61. The molecule has 3 heteroatoms. The van der Waals surface area contributed by atoms with Crippen molar-refractivity contribution in [2.75, 3.05) is 20.1 Å². The molecule has 1 amide bonds. The lowest BCUT2D eigenvalue weighted by Gasteiger charge is -2.44. The first-order valence-corrected chi connectivity index (χ1v) is 7.62. The molecule has 0 N–H and O–H groups in total. The first-order chi connectivity index (χ1) is 10.2. The zero-order valence-corrected chi connectivity index (χ0v) is 13.0. The minimum atomic E-state index is 0.275. The van der Waals surface area contributed by atoms with E-state index in [2.05, 4.69) is 48.1 Å². The molecular weight excluding hydrogens is 260 g/mol. The Bertz CT molecular complexity index is 509. The standard InChI is InChI=1S/C18H24N2O/c1-3-4-5-9-12-18(21)20-14-17(15-20)19(2)13-16-10-7-6-8-11-16/h6-8,10-11,17H,5,9,12-15H2,1-2H3. The zero-order valence-electron chi connectivity index (χ0n) is 13.0. The Morgan fingerprint density at radius 1 is 1.33 bits per heavy atom. The smallest absolute Gasteiger partial charge is 0.222 e. The number of likely N-dealkylation sites (N-methyl/N-ethyl adjacent to an activating group) is 1. The fourth-order valence-electron chi connectivity index (χ4n) is 2.55. The van der Waals surface area contributed by atoms with Gasteiger partial charge in [-0.15, -0.1) is 11.8 Å². The first-order valence-electron chi connectivity index (χ1n) is 7.62. The van der Waals surface area contributed by atoms with Crippen molar-refractivity contribution in [3.8, 4) is 11.8 Å². The summed E-state index contributed by atoms with van der Waals surface area (Å²) in [6.45, 7) is 4.51. The van der Waals surface area contributed by atoms with Crippen LogP contribution in [0.15, 0.2) is 30.3 Å². The van der Waals surface area contributed by atoms with E-state index in [9.17, 15) is 4.79 Å². The van der Waals surface area contributed by atoms with Gasteiger partial charge in [-0.3, -0.25) is 9.69 Å². The molecule has 3 nitrogen and oxygen atoms in total. The van der Waals surface area contributed by atoms with Crippen molar-refractivity contribution in [3.63, 3.8) is 0 Å². The lowest BCUT2D eigenvalue weighted by molar-refractivity contribution is -0.138. The highest BCUT2D eigenvalue weighted by atomic mass is 16.2. The van der Waals surface area contributed by atoms with Crippen molar-refractivity contribution in [2.24, 2.45) is 0 Å². The number of benzene rings is 1. The Hall–Kier alpha value is -1.79. The minimum Gasteiger partial charge on any atom is -0.339 e. The van der Waals surface area contributed by atoms with E-state index in [0.29, 0.717) is 12.5 Å². The number of likely N-dealkylation sites (tertiary alicyclic amines) is 1. The molecule has 1 aliphatic heterocycles. The van der Waals surface area contributed by atoms with Crippen LogP contribution in [0.4, 0.5) is 0 Å². The molecule has 0 bridgehead atoms. The van der Waals surface area contributed by atoms with E-state index in [1.54, 1.807) is 0 Å². The zero-order chi connectivity index (χ0) is 15.1. The second kappa shape index (κ2) is 7.85. The maximum absolute atomic E-state index is 12.0. The van der Waals surface area contributed by atoms with Crippen LogP contribution in [0, 0.1) is 11.8 Å². The van der Waals surface area contributed by atoms with Crippen LogP contribution in [-0.4, -0.2) is 41.9 Å². The first kappa shape index (κ1) is 15.6. The average Bonchev–Trinajstić information content (AvgIpc) is 2.43. The molecule has 0 aromatic heterocycles. The van der Waals surface area contributed by atoms with Crippen LogP contribution in [0.25, 0.3) is 0 Å². The highest BCUT2D eigenvalue weighted by Crippen LogP contribution is 2.17. The monoisotopic (exact) mass is 284 g/mol. The summed E-state index contributed by atoms with van der Waals surface area (Å²) in [4.78, 5) is 16.3. The summed E-state index contributed by atoms with van der Waals surface area (Å²) in [5.74, 6) is 6.14. The summed E-state index contributed by atoms with van der Waals surface area (Å²) in [7, 11) is 2.14. The molecule has 1 aliphatic rings. The largest absolute Gasteiger partial charge is 0.339 e. The number of rotatable bonds is 6. The average molecular weight is 284 g/mol. The van der Waals surface area contributed by atoms with E-state index in [1.807, 2.05) is 17.9 Å². The summed E-state index contributed by atoms with van der Waals surface area (Å²) >= 11 is 0. The number of carbonyl (C=O) groups is 1. The van der Waals surface area contributed by atoms with Crippen LogP contribution in [0.2, 0.25) is 0 Å². The number of unbranched alkanes of at least 4 members (excludes halogenated alkanes) is 1. The number of nitrogens with zero attached hydrogens (tertiary/aromatic N) is 2. The lowest BCUT2D eigenvalue weighted by atomic mass is 10.1. The molecule has 1 aromatic carbocycles. The predicted octanol–water partition coefficient (Wildman–Crippen LogP) is 2.52. The third-order valence-electron chi connectivity index (χ3n) is 3.98. The van der Waals surface area contributed by atoms with Crippen LogP contribution in [-0.2, 0) is 11.3 Å². The molecule has 0 aliphatic carbocycles. The summed E-state index contributed by atoms with van der Waals surface area (Å²) in [6, 6.07) is 11.0. The molecule has 0 unspecified atom stereocenters. The van der Waals surface area contributed by atoms with Gasteiger partial charge in [0.1, 0.15) is 0 Å². The molecule has 21 heavy (non-hydrogen) atoms. The second-order valence-corrected chi connectivity index (χ2v) is 5.63. The highest BCUT2D eigenvalue weighted by molar-refractivity contribution is 5.77. The minimum absolute atomic E-state index is 0.275. The Morgan fingerprint density at radius 2 is 2.05 bits per heavy atom. The molecular formula is C18H24N2O. The van der Waals surface area contributed by atoms with Gasteiger partial charge < -0.3 is 4.90 Å². The van der Waals surface area contributed by atoms with Gasteiger partial charge in [0.05, 0.1) is 0 Å². The van der Waals surface area contributed by atoms with E-state index < -0.39 is 0 Å². The van der Waals surface area contributed by atoms with Crippen LogP contribution in [0.5, 0.6) is 0 Å². The molecule has 112 valence electrons. The van der Waals surface area contributed by atoms with E-state index in [0.717, 1.165) is 32.5 Å². The van der Waals surface area contributed by atoms with Crippen LogP contribution < -0.4 is 0 Å². The normalized spacial score (nSPS) is 14.5. The summed E-state index contributed by atoms with van der Waals surface area (Å²) in [5.41, 5.74) is 1.32. The van der Waals surface area contributed by atoms with E-state index >= 15 is 0 Å². The molecule has 1 fully saturated rings. The summed E-state index contributed by atoms with van der Waals surface area (Å²) < 4.78 is 0. The fourth-order valence-corrected chi connectivity index (χ4v) is 2.55. The third-order valence-corrected chi connectivity index (χ3v) is 3.98. The summed E-state index contributed by atoms with van der Waals surface area (Å²) in [6.07, 6.45) is 2.33. The van der Waals surface area contributed by atoms with Gasteiger partial charge in [0.25, 0.3) is 0 Å². The van der Waals surface area contributed by atoms with Crippen LogP contribution in [0.3, 0.4) is 0 Å². The van der Waals surface area contributed by atoms with Gasteiger partial charge in [-0.1, -0.05) is 30.3 Å². The van der Waals surface area contributed by atoms with Gasteiger partial charge >= 0.3 is 0 Å². The second-order valence-electron chi connectivity index (χ2n) is 5.63. The quantitative estimate of drug-likeness (QED) is 0.592. The molecule has 2 rings (SSSR count). The van der Waals surface area contributed by atoms with Crippen molar-refractivity contribution >= 4 is 5.91 Å². The van der Waals surface area contributed by atoms with Crippen molar-refractivity contribution in [1.82, 2.24) is 9.80 Å². The number of amides is 1. The highest BCUT2D eigenvalue weighted by Gasteiger charge is 2.32. The topological polar surface area (TPSA) is 23.6 Å². The Morgan fingerprint density at radius 3 is 2.71 bits per heavy atom. The fraction of sp³-hybridized carbons (Fsp3) is 0.500. The van der Waals surface area contributed by atoms with Crippen LogP contribution >= 0.6 is 0 Å². The Balaban J connectivity index is 1.68. The Labute approximate surface area is 127 Å². The van der Waals surface area contributed by atoms with Gasteiger partial charge in [0.2, 0.25) is 5.91 Å². The molecule has 1 saturated heterocycles. The van der Waals surface area contributed by atoms with E-state index in [1.165, 1.54) is 5.56 Å². The molecule has 1 aromatic rings. The molecule has 0 radical (unpaired) electrons. The van der Waals surface area contributed by atoms with Gasteiger partial charge in [-0.05, 0) is 26.0 Å². The molecule has 1 heterocycles. The predicted molar refractivity (Wildman–Crippen MR) is 85.6 cm³/mol. The van der Waals surface area contributed by atoms with Gasteiger partial charge in [0.15, 0.2) is 0 Å². The molecule has 0 spiro atoms. The SMILES string of the molecule is CC#CCCCC(=O)N1CC(N(C)Cc2ccccc2)C1. The van der Waals surface area contributed by atoms with E-state index in [4.69, 9.17) is 0 Å². The van der Waals surface area contributed by atoms with Gasteiger partial charge in [-0.2, -0.15) is 0 Å². The molecule has 0 atom stereocenters. The maximum atomic E-state index is 12.0. The van der Waals surface area contributed by atoms with Crippen molar-refractivity contribution in [3.05, 3.63) is 35.9 Å². The summed E-state index contributed by atoms with van der Waals surface area (Å²) in [5, 5.41) is 0. The van der Waals surface area contributed by atoms with Crippen molar-refractivity contribution in [1.29, 1.82) is 0 Å². The number of carbonyl (C=O) groups excluding carboxylic acids is 1. The van der Waals surface area contributed by atoms with Crippen molar-refractivity contribution in [2.45, 2.75) is 38.8 Å². The lowest BCUT2D eigenvalue weighted by Crippen LogP contribution is -2.59. The van der Waals surface area contributed by atoms with Gasteiger partial charge in [-0.25, -0.2) is 0 Å². The maximum Gasteiger partial charge on any atom is 0.222 e. The van der Waals surface area contributed by atoms with Gasteiger partial charge in [0, 0.05) is 38.5 Å². The van der Waals surface area contributed by atoms with E-state index in [-0.39, 0.29) is 5.91 Å².